The van der Waals surface area contributed by atoms with Gasteiger partial charge >= 0.3 is 0 Å². The van der Waals surface area contributed by atoms with Crippen molar-refractivity contribution in [3.8, 4) is 33.6 Å². The number of hydrogen-bond donors (Lipinski definition) is 0. The maximum absolute atomic E-state index is 5.22. The summed E-state index contributed by atoms with van der Waals surface area (Å²) < 4.78 is 1.09. The molecule has 2 aromatic heterocycles. The summed E-state index contributed by atoms with van der Waals surface area (Å²) >= 11 is 3.57. The van der Waals surface area contributed by atoms with Crippen LogP contribution in [0.25, 0.3) is 44.5 Å². The van der Waals surface area contributed by atoms with Crippen molar-refractivity contribution < 1.29 is 0 Å². The molecule has 0 amide bonds. The first-order chi connectivity index (χ1) is 15.7. The molecule has 3 aromatic carbocycles. The molecule has 0 unspecified atom stereocenters. The lowest BCUT2D eigenvalue weighted by atomic mass is 9.85. The van der Waals surface area contributed by atoms with E-state index in [4.69, 9.17) is 9.97 Å². The van der Waals surface area contributed by atoms with Gasteiger partial charge in [-0.05, 0) is 66.8 Å². The first kappa shape index (κ1) is 19.4. The highest BCUT2D eigenvalue weighted by atomic mass is 79.9. The summed E-state index contributed by atoms with van der Waals surface area (Å²) in [5.41, 5.74) is 11.6. The number of para-hydroxylation sites is 1. The number of aromatic nitrogens is 2. The van der Waals surface area contributed by atoms with E-state index in [1.54, 1.807) is 0 Å². The average Bonchev–Trinajstić information content (AvgIpc) is 2.83. The van der Waals surface area contributed by atoms with E-state index in [1.165, 1.54) is 22.3 Å². The van der Waals surface area contributed by atoms with Crippen LogP contribution in [0.15, 0.2) is 89.4 Å². The Morgan fingerprint density at radius 3 is 2.28 bits per heavy atom. The monoisotopic (exact) mass is 476 g/mol. The van der Waals surface area contributed by atoms with Crippen molar-refractivity contribution in [3.63, 3.8) is 0 Å². The summed E-state index contributed by atoms with van der Waals surface area (Å²) in [4.78, 5) is 10.2. The van der Waals surface area contributed by atoms with Gasteiger partial charge < -0.3 is 0 Å². The van der Waals surface area contributed by atoms with Crippen LogP contribution in [0.1, 0.15) is 16.8 Å². The molecule has 2 nitrogen and oxygen atoms in total. The third-order valence-corrected chi connectivity index (χ3v) is 6.83. The van der Waals surface area contributed by atoms with E-state index in [1.807, 2.05) is 0 Å². The fraction of sp³-hybridized carbons (Fsp3) is 0.103. The van der Waals surface area contributed by atoms with Gasteiger partial charge in [-0.3, -0.25) is 4.98 Å². The van der Waals surface area contributed by atoms with Crippen LogP contribution in [-0.4, -0.2) is 9.97 Å². The van der Waals surface area contributed by atoms with Gasteiger partial charge in [0.15, 0.2) is 0 Å². The summed E-state index contributed by atoms with van der Waals surface area (Å²) in [6.07, 6.45) is 1.88. The van der Waals surface area contributed by atoms with Crippen molar-refractivity contribution in [2.24, 2.45) is 0 Å². The highest BCUT2D eigenvalue weighted by molar-refractivity contribution is 9.10. The summed E-state index contributed by atoms with van der Waals surface area (Å²) in [6, 6.07) is 30.1. The molecule has 1 aliphatic carbocycles. The minimum atomic E-state index is 0.933. The zero-order valence-electron chi connectivity index (χ0n) is 17.8. The minimum Gasteiger partial charge on any atom is -0.252 e. The highest BCUT2D eigenvalue weighted by Crippen LogP contribution is 2.40. The van der Waals surface area contributed by atoms with E-state index in [-0.39, 0.29) is 0 Å². The fourth-order valence-electron chi connectivity index (χ4n) is 4.60. The van der Waals surface area contributed by atoms with Gasteiger partial charge in [0.2, 0.25) is 0 Å². The maximum Gasteiger partial charge on any atom is 0.0766 e. The van der Waals surface area contributed by atoms with Crippen LogP contribution in [0.3, 0.4) is 0 Å². The van der Waals surface area contributed by atoms with Gasteiger partial charge in [-0.1, -0.05) is 76.1 Å². The van der Waals surface area contributed by atoms with E-state index in [0.717, 1.165) is 56.4 Å². The molecule has 0 saturated heterocycles. The molecular weight excluding hydrogens is 456 g/mol. The summed E-state index contributed by atoms with van der Waals surface area (Å²) in [7, 11) is 0. The fourth-order valence-corrected chi connectivity index (χ4v) is 4.87. The largest absolute Gasteiger partial charge is 0.252 e. The van der Waals surface area contributed by atoms with Crippen LogP contribution in [0.2, 0.25) is 0 Å². The van der Waals surface area contributed by atoms with Gasteiger partial charge in [0.25, 0.3) is 0 Å². The Morgan fingerprint density at radius 2 is 1.47 bits per heavy atom. The molecule has 0 saturated carbocycles. The SMILES string of the molecule is Cc1ccc(-c2cc(-c3ccc(Br)cc3)c3c(n2)-c2cc4ccccc4nc2CC3)cc1. The Balaban J connectivity index is 1.63. The van der Waals surface area contributed by atoms with E-state index in [2.05, 4.69) is 108 Å². The molecule has 0 atom stereocenters. The molecule has 154 valence electrons. The molecule has 0 radical (unpaired) electrons. The van der Waals surface area contributed by atoms with Gasteiger partial charge in [-0.2, -0.15) is 0 Å². The van der Waals surface area contributed by atoms with Crippen molar-refractivity contribution in [2.75, 3.05) is 0 Å². The van der Waals surface area contributed by atoms with E-state index >= 15 is 0 Å². The van der Waals surface area contributed by atoms with Gasteiger partial charge in [0.1, 0.15) is 0 Å². The van der Waals surface area contributed by atoms with E-state index in [0.29, 0.717) is 0 Å². The van der Waals surface area contributed by atoms with Crippen LogP contribution in [0.4, 0.5) is 0 Å². The van der Waals surface area contributed by atoms with Crippen LogP contribution < -0.4 is 0 Å². The first-order valence-corrected chi connectivity index (χ1v) is 11.7. The van der Waals surface area contributed by atoms with Crippen molar-refractivity contribution in [1.29, 1.82) is 0 Å². The molecule has 0 spiro atoms. The predicted octanol–water partition coefficient (Wildman–Crippen LogP) is 7.80. The highest BCUT2D eigenvalue weighted by Gasteiger charge is 2.24. The number of benzene rings is 3. The average molecular weight is 477 g/mol. The Hall–Kier alpha value is -3.30. The lowest BCUT2D eigenvalue weighted by molar-refractivity contribution is 0.896. The zero-order chi connectivity index (χ0) is 21.7. The number of fused-ring (bicyclic) bond motifs is 4. The Morgan fingerprint density at radius 1 is 0.719 bits per heavy atom. The normalized spacial score (nSPS) is 12.4. The second-order valence-corrected chi connectivity index (χ2v) is 9.35. The van der Waals surface area contributed by atoms with Crippen LogP contribution in [0.5, 0.6) is 0 Å². The maximum atomic E-state index is 5.22. The smallest absolute Gasteiger partial charge is 0.0766 e. The lowest BCUT2D eigenvalue weighted by Crippen LogP contribution is -2.10. The van der Waals surface area contributed by atoms with E-state index in [9.17, 15) is 0 Å². The Labute approximate surface area is 196 Å². The van der Waals surface area contributed by atoms with Gasteiger partial charge in [-0.15, -0.1) is 0 Å². The predicted molar refractivity (Wildman–Crippen MR) is 136 cm³/mol. The second-order valence-electron chi connectivity index (χ2n) is 8.43. The van der Waals surface area contributed by atoms with Gasteiger partial charge in [-0.25, -0.2) is 4.98 Å². The molecule has 1 aliphatic rings. The quantitative estimate of drug-likeness (QED) is 0.259. The number of aryl methyl sites for hydroxylation is 2. The molecule has 5 aromatic rings. The minimum absolute atomic E-state index is 0.933. The van der Waals surface area contributed by atoms with Crippen molar-refractivity contribution in [2.45, 2.75) is 19.8 Å². The zero-order valence-corrected chi connectivity index (χ0v) is 19.4. The molecule has 0 aliphatic heterocycles. The van der Waals surface area contributed by atoms with Crippen molar-refractivity contribution in [3.05, 3.63) is 106 Å². The van der Waals surface area contributed by atoms with E-state index < -0.39 is 0 Å². The molecule has 6 rings (SSSR count). The molecule has 0 N–H and O–H groups in total. The molecule has 0 bridgehead atoms. The number of nitrogens with zero attached hydrogens (tertiary/aromatic N) is 2. The van der Waals surface area contributed by atoms with Crippen molar-refractivity contribution >= 4 is 26.8 Å². The summed E-state index contributed by atoms with van der Waals surface area (Å²) in [5.74, 6) is 0. The number of hydrogen-bond acceptors (Lipinski definition) is 2. The van der Waals surface area contributed by atoms with Crippen LogP contribution in [-0.2, 0) is 12.8 Å². The molecule has 32 heavy (non-hydrogen) atoms. The number of halogens is 1. The van der Waals surface area contributed by atoms with Gasteiger partial charge in [0.05, 0.1) is 22.6 Å². The topological polar surface area (TPSA) is 25.8 Å². The third kappa shape index (κ3) is 3.34. The standard InChI is InChI=1S/C29H21BrN2/c1-18-6-8-20(9-7-18)28-17-24(19-10-12-22(30)13-11-19)23-14-15-27-25(29(23)32-28)16-21-4-2-3-5-26(21)31-27/h2-13,16-17H,14-15H2,1H3. The summed E-state index contributed by atoms with van der Waals surface area (Å²) in [6.45, 7) is 2.12. The second kappa shape index (κ2) is 7.68. The lowest BCUT2D eigenvalue weighted by Gasteiger charge is -2.23. The summed E-state index contributed by atoms with van der Waals surface area (Å²) in [5, 5.41) is 1.16. The molecule has 3 heteroatoms. The number of rotatable bonds is 2. The first-order valence-electron chi connectivity index (χ1n) is 10.9. The Kier molecular flexibility index (Phi) is 4.65. The molecule has 2 heterocycles. The molecule has 0 fully saturated rings. The molecular formula is C29H21BrN2. The van der Waals surface area contributed by atoms with Gasteiger partial charge in [0, 0.05) is 21.0 Å². The third-order valence-electron chi connectivity index (χ3n) is 6.30. The number of pyridine rings is 2. The Bertz CT molecular complexity index is 1470. The van der Waals surface area contributed by atoms with Crippen molar-refractivity contribution in [1.82, 2.24) is 9.97 Å². The van der Waals surface area contributed by atoms with Crippen LogP contribution >= 0.6 is 15.9 Å². The van der Waals surface area contributed by atoms with Crippen LogP contribution in [0, 0.1) is 6.92 Å².